The van der Waals surface area contributed by atoms with Crippen molar-refractivity contribution in [1.29, 1.82) is 5.26 Å². The van der Waals surface area contributed by atoms with Crippen LogP contribution in [0.4, 0.5) is 10.1 Å². The fourth-order valence-electron chi connectivity index (χ4n) is 3.04. The van der Waals surface area contributed by atoms with E-state index in [0.717, 1.165) is 5.56 Å². The van der Waals surface area contributed by atoms with Crippen LogP contribution >= 0.6 is 0 Å². The first kappa shape index (κ1) is 18.3. The van der Waals surface area contributed by atoms with Crippen molar-refractivity contribution < 1.29 is 13.7 Å². The van der Waals surface area contributed by atoms with Crippen LogP contribution in [0.25, 0.3) is 22.4 Å². The predicted octanol–water partition coefficient (Wildman–Crippen LogP) is 4.66. The monoisotopic (exact) mass is 386 g/mol. The fraction of sp³-hybridized carbons (Fsp3) is 0.0909. The van der Waals surface area contributed by atoms with Crippen molar-refractivity contribution in [3.8, 4) is 17.3 Å². The molecule has 7 heteroatoms. The summed E-state index contributed by atoms with van der Waals surface area (Å²) < 4.78 is 18.5. The average Bonchev–Trinajstić information content (AvgIpc) is 3.10. The average molecular weight is 386 g/mol. The Labute approximate surface area is 165 Å². The molecular weight excluding hydrogens is 371 g/mol. The third-order valence-electron chi connectivity index (χ3n) is 4.50. The number of benzene rings is 2. The normalized spacial score (nSPS) is 10.7. The van der Waals surface area contributed by atoms with E-state index < -0.39 is 0 Å². The maximum atomic E-state index is 13.3. The summed E-state index contributed by atoms with van der Waals surface area (Å²) in [6, 6.07) is 16.6. The Bertz CT molecular complexity index is 1240. The van der Waals surface area contributed by atoms with Gasteiger partial charge in [0.15, 0.2) is 0 Å². The van der Waals surface area contributed by atoms with E-state index in [9.17, 15) is 9.18 Å². The van der Waals surface area contributed by atoms with Crippen molar-refractivity contribution >= 4 is 22.7 Å². The van der Waals surface area contributed by atoms with Crippen LogP contribution in [0.1, 0.15) is 21.6 Å². The van der Waals surface area contributed by atoms with Gasteiger partial charge < -0.3 is 9.84 Å². The summed E-state index contributed by atoms with van der Waals surface area (Å²) in [7, 11) is 0. The van der Waals surface area contributed by atoms with Gasteiger partial charge in [0, 0.05) is 11.3 Å². The Morgan fingerprint density at radius 1 is 1.17 bits per heavy atom. The standard InChI is InChI=1S/C22H15FN4O2/c1-13-20-18(21(28)25-17-8-2-14(3-9-17)10-11-24)12-19(26-22(20)29-27-13)15-4-6-16(23)7-5-15/h2-9,12H,10H2,1H3,(H,25,28). The smallest absolute Gasteiger partial charge is 0.259 e. The number of nitriles is 1. The van der Waals surface area contributed by atoms with Crippen LogP contribution in [0.5, 0.6) is 0 Å². The molecule has 0 atom stereocenters. The van der Waals surface area contributed by atoms with Gasteiger partial charge in [-0.1, -0.05) is 17.3 Å². The Kier molecular flexibility index (Phi) is 4.75. The SMILES string of the molecule is Cc1noc2nc(-c3ccc(F)cc3)cc(C(=O)Nc3ccc(CC#N)cc3)c12. The van der Waals surface area contributed by atoms with E-state index in [1.54, 1.807) is 49.4 Å². The van der Waals surface area contributed by atoms with Crippen LogP contribution in [0.15, 0.2) is 59.1 Å². The highest BCUT2D eigenvalue weighted by Gasteiger charge is 2.19. The summed E-state index contributed by atoms with van der Waals surface area (Å²) >= 11 is 0. The summed E-state index contributed by atoms with van der Waals surface area (Å²) in [5, 5.41) is 16.0. The van der Waals surface area contributed by atoms with E-state index >= 15 is 0 Å². The number of aromatic nitrogens is 2. The number of amides is 1. The number of aryl methyl sites for hydroxylation is 1. The molecule has 4 aromatic rings. The molecule has 6 nitrogen and oxygen atoms in total. The number of halogens is 1. The molecule has 1 N–H and O–H groups in total. The molecule has 2 aromatic carbocycles. The zero-order valence-electron chi connectivity index (χ0n) is 15.4. The van der Waals surface area contributed by atoms with Crippen LogP contribution in [-0.4, -0.2) is 16.0 Å². The van der Waals surface area contributed by atoms with Gasteiger partial charge in [-0.05, 0) is 55.0 Å². The third kappa shape index (κ3) is 3.69. The van der Waals surface area contributed by atoms with E-state index in [1.807, 2.05) is 0 Å². The van der Waals surface area contributed by atoms with Gasteiger partial charge in [0.2, 0.25) is 0 Å². The van der Waals surface area contributed by atoms with Crippen LogP contribution in [0.2, 0.25) is 0 Å². The summed E-state index contributed by atoms with van der Waals surface area (Å²) in [4.78, 5) is 17.4. The van der Waals surface area contributed by atoms with E-state index in [0.29, 0.717) is 40.0 Å². The van der Waals surface area contributed by atoms with Crippen LogP contribution in [-0.2, 0) is 6.42 Å². The second kappa shape index (κ2) is 7.52. The van der Waals surface area contributed by atoms with Crippen LogP contribution < -0.4 is 5.32 Å². The first-order valence-corrected chi connectivity index (χ1v) is 8.85. The van der Waals surface area contributed by atoms with E-state index in [4.69, 9.17) is 9.78 Å². The predicted molar refractivity (Wildman–Crippen MR) is 106 cm³/mol. The molecule has 1 amide bonds. The minimum Gasteiger partial charge on any atom is -0.335 e. The molecular formula is C22H15FN4O2. The first-order chi connectivity index (χ1) is 14.0. The number of nitrogens with one attached hydrogen (secondary N) is 1. The lowest BCUT2D eigenvalue weighted by atomic mass is 10.0. The maximum Gasteiger partial charge on any atom is 0.259 e. The van der Waals surface area contributed by atoms with E-state index in [-0.39, 0.29) is 17.4 Å². The molecule has 0 aliphatic carbocycles. The van der Waals surface area contributed by atoms with Crippen molar-refractivity contribution in [2.24, 2.45) is 0 Å². The lowest BCUT2D eigenvalue weighted by Crippen LogP contribution is -2.13. The van der Waals surface area contributed by atoms with Gasteiger partial charge in [-0.25, -0.2) is 9.37 Å². The van der Waals surface area contributed by atoms with Gasteiger partial charge in [0.1, 0.15) is 5.82 Å². The molecule has 0 spiro atoms. The molecule has 2 heterocycles. The highest BCUT2D eigenvalue weighted by Crippen LogP contribution is 2.28. The molecule has 29 heavy (non-hydrogen) atoms. The quantitative estimate of drug-likeness (QED) is 0.551. The Hall–Kier alpha value is -4.05. The molecule has 0 radical (unpaired) electrons. The molecule has 142 valence electrons. The van der Waals surface area contributed by atoms with Crippen LogP contribution in [0, 0.1) is 24.1 Å². The van der Waals surface area contributed by atoms with E-state index in [1.165, 1.54) is 12.1 Å². The molecule has 0 saturated carbocycles. The van der Waals surface area contributed by atoms with Gasteiger partial charge in [-0.2, -0.15) is 5.26 Å². The van der Waals surface area contributed by atoms with Gasteiger partial charge >= 0.3 is 0 Å². The minimum atomic E-state index is -0.358. The molecule has 4 rings (SSSR count). The zero-order chi connectivity index (χ0) is 20.4. The van der Waals surface area contributed by atoms with Crippen LogP contribution in [0.3, 0.4) is 0 Å². The Balaban J connectivity index is 1.73. The lowest BCUT2D eigenvalue weighted by molar-refractivity contribution is 0.102. The Morgan fingerprint density at radius 3 is 2.59 bits per heavy atom. The summed E-state index contributed by atoms with van der Waals surface area (Å²) in [5.74, 6) is -0.705. The minimum absolute atomic E-state index is 0.235. The largest absolute Gasteiger partial charge is 0.335 e. The maximum absolute atomic E-state index is 13.3. The first-order valence-electron chi connectivity index (χ1n) is 8.85. The number of hydrogen-bond donors (Lipinski definition) is 1. The third-order valence-corrected chi connectivity index (χ3v) is 4.50. The topological polar surface area (TPSA) is 91.8 Å². The van der Waals surface area contributed by atoms with Crippen molar-refractivity contribution in [2.75, 3.05) is 5.32 Å². The zero-order valence-corrected chi connectivity index (χ0v) is 15.4. The molecule has 0 aliphatic heterocycles. The fourth-order valence-corrected chi connectivity index (χ4v) is 3.04. The summed E-state index contributed by atoms with van der Waals surface area (Å²) in [5.41, 5.74) is 3.73. The number of rotatable bonds is 4. The highest BCUT2D eigenvalue weighted by atomic mass is 19.1. The summed E-state index contributed by atoms with van der Waals surface area (Å²) in [6.07, 6.45) is 0.306. The molecule has 0 bridgehead atoms. The number of fused-ring (bicyclic) bond motifs is 1. The second-order valence-electron chi connectivity index (χ2n) is 6.50. The number of anilines is 1. The number of carbonyl (C=O) groups is 1. The lowest BCUT2D eigenvalue weighted by Gasteiger charge is -2.09. The number of hydrogen-bond acceptors (Lipinski definition) is 5. The van der Waals surface area contributed by atoms with Gasteiger partial charge in [0.25, 0.3) is 11.6 Å². The number of carbonyl (C=O) groups excluding carboxylic acids is 1. The molecule has 2 aromatic heterocycles. The highest BCUT2D eigenvalue weighted by molar-refractivity contribution is 6.13. The van der Waals surface area contributed by atoms with E-state index in [2.05, 4.69) is 21.5 Å². The number of nitrogens with zero attached hydrogens (tertiary/aromatic N) is 3. The summed E-state index contributed by atoms with van der Waals surface area (Å²) in [6.45, 7) is 1.73. The van der Waals surface area contributed by atoms with Crippen molar-refractivity contribution in [3.05, 3.63) is 77.2 Å². The molecule has 0 aliphatic rings. The van der Waals surface area contributed by atoms with Gasteiger partial charge in [-0.15, -0.1) is 0 Å². The van der Waals surface area contributed by atoms with Crippen molar-refractivity contribution in [3.63, 3.8) is 0 Å². The van der Waals surface area contributed by atoms with Gasteiger partial charge in [-0.3, -0.25) is 4.79 Å². The number of pyridine rings is 1. The molecule has 0 saturated heterocycles. The Morgan fingerprint density at radius 2 is 1.90 bits per heavy atom. The molecule has 0 fully saturated rings. The van der Waals surface area contributed by atoms with Crippen molar-refractivity contribution in [2.45, 2.75) is 13.3 Å². The van der Waals surface area contributed by atoms with Crippen molar-refractivity contribution in [1.82, 2.24) is 10.1 Å². The second-order valence-corrected chi connectivity index (χ2v) is 6.50. The molecule has 0 unspecified atom stereocenters. The van der Waals surface area contributed by atoms with Gasteiger partial charge in [0.05, 0.1) is 34.8 Å².